The monoisotopic (exact) mass is 544 g/mol. The zero-order chi connectivity index (χ0) is 28.1. The molecule has 0 unspecified atom stereocenters. The van der Waals surface area contributed by atoms with Crippen molar-refractivity contribution in [3.05, 3.63) is 79.0 Å². The number of likely N-dealkylation sites (tertiary alicyclic amines) is 1. The van der Waals surface area contributed by atoms with E-state index >= 15 is 4.39 Å². The number of fused-ring (bicyclic) bond motifs is 1. The van der Waals surface area contributed by atoms with Crippen LogP contribution in [0.4, 0.5) is 10.2 Å². The highest BCUT2D eigenvalue weighted by atomic mass is 19.1. The maximum atomic E-state index is 16.2. The maximum Gasteiger partial charge on any atom is 0.246 e. The van der Waals surface area contributed by atoms with Crippen molar-refractivity contribution in [3.8, 4) is 22.6 Å². The topological polar surface area (TPSA) is 98.7 Å². The summed E-state index contributed by atoms with van der Waals surface area (Å²) in [5.41, 5.74) is 7.64. The number of hydrogen-bond acceptors (Lipinski definition) is 7. The first-order valence-electron chi connectivity index (χ1n) is 13.2. The van der Waals surface area contributed by atoms with Crippen LogP contribution >= 0.6 is 0 Å². The molecule has 0 radical (unpaired) electrons. The fourth-order valence-electron chi connectivity index (χ4n) is 4.97. The van der Waals surface area contributed by atoms with E-state index in [-0.39, 0.29) is 17.8 Å². The van der Waals surface area contributed by atoms with Crippen LogP contribution in [0.15, 0.2) is 73.1 Å². The van der Waals surface area contributed by atoms with E-state index in [2.05, 4.69) is 14.9 Å². The van der Waals surface area contributed by atoms with Gasteiger partial charge in [-0.3, -0.25) is 9.36 Å². The van der Waals surface area contributed by atoms with Crippen LogP contribution in [-0.4, -0.2) is 77.2 Å². The van der Waals surface area contributed by atoms with Gasteiger partial charge < -0.3 is 25.0 Å². The van der Waals surface area contributed by atoms with E-state index in [0.717, 1.165) is 6.54 Å². The van der Waals surface area contributed by atoms with Crippen molar-refractivity contribution in [1.29, 1.82) is 0 Å². The minimum Gasteiger partial charge on any atom is -0.457 e. The summed E-state index contributed by atoms with van der Waals surface area (Å²) in [6.45, 7) is 2.93. The molecule has 2 aromatic heterocycles. The van der Waals surface area contributed by atoms with Gasteiger partial charge in [-0.15, -0.1) is 0 Å². The standard InChI is InChI=1S/C30H33FN6O3/c1-35(17-18-39-2)15-6-9-25(38)36-16-14-22(19-36)37-28(31)26(27-29(32)33-20-34-30(27)37)21-10-12-24(13-11-21)40-23-7-4-3-5-8-23/h3-13,20,22H,14-19H2,1-2H3,(H2,32,33,34)/b9-6+/t22-/m1/s1. The number of carbonyl (C=O) groups excluding carboxylic acids is 1. The Balaban J connectivity index is 1.37. The Morgan fingerprint density at radius 3 is 2.65 bits per heavy atom. The fourth-order valence-corrected chi connectivity index (χ4v) is 4.97. The molecule has 4 aromatic rings. The van der Waals surface area contributed by atoms with Crippen molar-refractivity contribution >= 4 is 22.8 Å². The number of rotatable bonds is 10. The van der Waals surface area contributed by atoms with Crippen LogP contribution in [0.25, 0.3) is 22.2 Å². The number of halogens is 1. The first-order valence-corrected chi connectivity index (χ1v) is 13.2. The Hall–Kier alpha value is -4.28. The number of amides is 1. The van der Waals surface area contributed by atoms with Gasteiger partial charge in [-0.25, -0.2) is 9.97 Å². The van der Waals surface area contributed by atoms with Crippen molar-refractivity contribution in [2.75, 3.05) is 52.7 Å². The van der Waals surface area contributed by atoms with Crippen LogP contribution in [0.1, 0.15) is 12.5 Å². The van der Waals surface area contributed by atoms with Crippen molar-refractivity contribution in [1.82, 2.24) is 24.3 Å². The second-order valence-electron chi connectivity index (χ2n) is 9.82. The molecular formula is C30H33FN6O3. The SMILES string of the molecule is COCCN(C)C/C=C/C(=O)N1CC[C@@H](n2c(F)c(-c3ccc(Oc4ccccc4)cc3)c3c(N)ncnc32)C1. The van der Waals surface area contributed by atoms with E-state index in [1.165, 1.54) is 6.33 Å². The van der Waals surface area contributed by atoms with E-state index in [1.54, 1.807) is 46.9 Å². The highest BCUT2D eigenvalue weighted by molar-refractivity contribution is 6.01. The van der Waals surface area contributed by atoms with Crippen LogP contribution in [0, 0.1) is 5.95 Å². The molecule has 40 heavy (non-hydrogen) atoms. The second-order valence-corrected chi connectivity index (χ2v) is 9.82. The molecule has 1 amide bonds. The van der Waals surface area contributed by atoms with Crippen molar-refractivity contribution < 1.29 is 18.7 Å². The molecule has 0 aliphatic carbocycles. The predicted molar refractivity (Wildman–Crippen MR) is 153 cm³/mol. The number of carbonyl (C=O) groups is 1. The average molecular weight is 545 g/mol. The summed E-state index contributed by atoms with van der Waals surface area (Å²) in [6.07, 6.45) is 5.37. The summed E-state index contributed by atoms with van der Waals surface area (Å²) in [6, 6.07) is 16.3. The van der Waals surface area contributed by atoms with Crippen LogP contribution in [0.5, 0.6) is 11.5 Å². The molecule has 208 valence electrons. The Labute approximate surface area is 232 Å². The molecule has 2 aromatic carbocycles. The summed E-state index contributed by atoms with van der Waals surface area (Å²) in [5, 5.41) is 0.459. The van der Waals surface area contributed by atoms with Crippen LogP contribution in [-0.2, 0) is 9.53 Å². The first-order chi connectivity index (χ1) is 19.5. The third kappa shape index (κ3) is 5.83. The number of nitrogens with two attached hydrogens (primary N) is 1. The third-order valence-corrected chi connectivity index (χ3v) is 7.07. The molecule has 0 bridgehead atoms. The molecule has 10 heteroatoms. The largest absolute Gasteiger partial charge is 0.457 e. The lowest BCUT2D eigenvalue weighted by Crippen LogP contribution is -2.28. The Kier molecular flexibility index (Phi) is 8.37. The normalized spacial score (nSPS) is 15.5. The lowest BCUT2D eigenvalue weighted by molar-refractivity contribution is -0.125. The average Bonchev–Trinajstić information content (AvgIpc) is 3.56. The molecule has 1 fully saturated rings. The molecule has 9 nitrogen and oxygen atoms in total. The van der Waals surface area contributed by atoms with E-state index in [1.807, 2.05) is 43.5 Å². The van der Waals surface area contributed by atoms with Crippen LogP contribution in [0.3, 0.4) is 0 Å². The van der Waals surface area contributed by atoms with Gasteiger partial charge in [0.1, 0.15) is 29.3 Å². The number of para-hydroxylation sites is 1. The Morgan fingerprint density at radius 2 is 1.90 bits per heavy atom. The van der Waals surface area contributed by atoms with Gasteiger partial charge >= 0.3 is 0 Å². The number of aromatic nitrogens is 3. The van der Waals surface area contributed by atoms with Gasteiger partial charge in [-0.2, -0.15) is 4.39 Å². The quantitative estimate of drug-likeness (QED) is 0.293. The number of hydrogen-bond donors (Lipinski definition) is 1. The first kappa shape index (κ1) is 27.3. The van der Waals surface area contributed by atoms with Gasteiger partial charge in [0.2, 0.25) is 11.9 Å². The van der Waals surface area contributed by atoms with Crippen LogP contribution < -0.4 is 10.5 Å². The van der Waals surface area contributed by atoms with Crippen molar-refractivity contribution in [2.24, 2.45) is 0 Å². The van der Waals surface area contributed by atoms with E-state index in [0.29, 0.717) is 66.3 Å². The maximum absolute atomic E-state index is 16.2. The fraction of sp³-hybridized carbons (Fsp3) is 0.300. The Morgan fingerprint density at radius 1 is 1.15 bits per heavy atom. The molecule has 0 spiro atoms. The molecule has 1 atom stereocenters. The van der Waals surface area contributed by atoms with Gasteiger partial charge in [0.25, 0.3) is 0 Å². The van der Waals surface area contributed by atoms with Gasteiger partial charge in [-0.1, -0.05) is 36.4 Å². The number of nitrogen functional groups attached to an aromatic ring is 1. The highest BCUT2D eigenvalue weighted by Crippen LogP contribution is 2.39. The van der Waals surface area contributed by atoms with Crippen LogP contribution in [0.2, 0.25) is 0 Å². The van der Waals surface area contributed by atoms with Gasteiger partial charge in [0, 0.05) is 44.9 Å². The summed E-state index contributed by atoms with van der Waals surface area (Å²) >= 11 is 0. The van der Waals surface area contributed by atoms with Crippen molar-refractivity contribution in [3.63, 3.8) is 0 Å². The lowest BCUT2D eigenvalue weighted by atomic mass is 10.1. The molecule has 1 aliphatic rings. The number of anilines is 1. The summed E-state index contributed by atoms with van der Waals surface area (Å²) in [7, 11) is 3.63. The van der Waals surface area contributed by atoms with Gasteiger partial charge in [0.05, 0.1) is 18.0 Å². The molecule has 1 aliphatic heterocycles. The summed E-state index contributed by atoms with van der Waals surface area (Å²) < 4.78 is 28.8. The summed E-state index contributed by atoms with van der Waals surface area (Å²) in [4.78, 5) is 25.2. The third-order valence-electron chi connectivity index (χ3n) is 7.07. The summed E-state index contributed by atoms with van der Waals surface area (Å²) in [5.74, 6) is 1.00. The number of methoxy groups -OCH3 is 1. The number of likely N-dealkylation sites (N-methyl/N-ethyl adjacent to an activating group) is 1. The smallest absolute Gasteiger partial charge is 0.246 e. The van der Waals surface area contributed by atoms with E-state index in [4.69, 9.17) is 15.2 Å². The minimum atomic E-state index is -0.450. The molecule has 0 saturated carbocycles. The van der Waals surface area contributed by atoms with Gasteiger partial charge in [0.15, 0.2) is 0 Å². The van der Waals surface area contributed by atoms with Crippen molar-refractivity contribution in [2.45, 2.75) is 12.5 Å². The molecule has 2 N–H and O–H groups in total. The second kappa shape index (κ2) is 12.3. The zero-order valence-electron chi connectivity index (χ0n) is 22.7. The molecule has 3 heterocycles. The van der Waals surface area contributed by atoms with E-state index < -0.39 is 5.95 Å². The Bertz CT molecular complexity index is 1490. The molecule has 5 rings (SSSR count). The van der Waals surface area contributed by atoms with Gasteiger partial charge in [-0.05, 0) is 43.3 Å². The zero-order valence-corrected chi connectivity index (χ0v) is 22.7. The lowest BCUT2D eigenvalue weighted by Gasteiger charge is -2.17. The minimum absolute atomic E-state index is 0.0946. The highest BCUT2D eigenvalue weighted by Gasteiger charge is 2.32. The number of benzene rings is 2. The predicted octanol–water partition coefficient (Wildman–Crippen LogP) is 4.52. The molecule has 1 saturated heterocycles. The molecular weight excluding hydrogens is 511 g/mol. The number of ether oxygens (including phenoxy) is 2. The van der Waals surface area contributed by atoms with E-state index in [9.17, 15) is 4.79 Å². The number of nitrogens with zero attached hydrogens (tertiary/aromatic N) is 5.